The average Bonchev–Trinajstić information content (AvgIpc) is 2.83. The van der Waals surface area contributed by atoms with E-state index in [1.807, 2.05) is 12.1 Å². The van der Waals surface area contributed by atoms with Crippen molar-refractivity contribution in [3.8, 4) is 0 Å². The maximum absolute atomic E-state index is 5.54. The van der Waals surface area contributed by atoms with Crippen LogP contribution in [-0.2, 0) is 11.2 Å². The molecule has 1 aromatic heterocycles. The van der Waals surface area contributed by atoms with Crippen LogP contribution in [0.3, 0.4) is 0 Å². The summed E-state index contributed by atoms with van der Waals surface area (Å²) < 4.78 is 11.4. The predicted octanol–water partition coefficient (Wildman–Crippen LogP) is 4.72. The third-order valence-corrected chi connectivity index (χ3v) is 4.12. The van der Waals surface area contributed by atoms with Crippen molar-refractivity contribution in [1.82, 2.24) is 0 Å². The van der Waals surface area contributed by atoms with Crippen LogP contribution >= 0.6 is 31.9 Å². The van der Waals surface area contributed by atoms with E-state index in [9.17, 15) is 0 Å². The molecule has 96 valence electrons. The zero-order chi connectivity index (χ0) is 13.0. The van der Waals surface area contributed by atoms with E-state index in [1.54, 1.807) is 7.11 Å². The SMILES string of the molecule is COCCc1ccc(C(Br)c2ccc(Br)o2)cc1. The fourth-order valence-electron chi connectivity index (χ4n) is 1.70. The van der Waals surface area contributed by atoms with Gasteiger partial charge in [-0.3, -0.25) is 0 Å². The van der Waals surface area contributed by atoms with E-state index in [1.165, 1.54) is 11.1 Å². The summed E-state index contributed by atoms with van der Waals surface area (Å²) in [7, 11) is 1.72. The lowest BCUT2D eigenvalue weighted by Crippen LogP contribution is -1.96. The fourth-order valence-corrected chi connectivity index (χ4v) is 2.57. The third kappa shape index (κ3) is 3.46. The number of ether oxygens (including phenoxy) is 1. The van der Waals surface area contributed by atoms with Crippen molar-refractivity contribution in [2.75, 3.05) is 13.7 Å². The molecule has 18 heavy (non-hydrogen) atoms. The fraction of sp³-hybridized carbons (Fsp3) is 0.286. The van der Waals surface area contributed by atoms with Crippen LogP contribution in [-0.4, -0.2) is 13.7 Å². The maximum atomic E-state index is 5.54. The van der Waals surface area contributed by atoms with Gasteiger partial charge in [-0.25, -0.2) is 0 Å². The lowest BCUT2D eigenvalue weighted by atomic mass is 10.1. The van der Waals surface area contributed by atoms with E-state index in [2.05, 4.69) is 56.1 Å². The van der Waals surface area contributed by atoms with Gasteiger partial charge in [0.1, 0.15) is 5.76 Å². The van der Waals surface area contributed by atoms with Crippen molar-refractivity contribution in [3.63, 3.8) is 0 Å². The Bertz CT molecular complexity index is 491. The molecule has 2 aromatic rings. The standard InChI is InChI=1S/C14H14Br2O2/c1-17-9-8-10-2-4-11(5-3-10)14(16)12-6-7-13(15)18-12/h2-7,14H,8-9H2,1H3. The molecular formula is C14H14Br2O2. The van der Waals surface area contributed by atoms with Gasteiger partial charge in [0, 0.05) is 7.11 Å². The summed E-state index contributed by atoms with van der Waals surface area (Å²) >= 11 is 6.96. The van der Waals surface area contributed by atoms with Gasteiger partial charge < -0.3 is 9.15 Å². The normalized spacial score (nSPS) is 12.6. The lowest BCUT2D eigenvalue weighted by Gasteiger charge is -2.08. The number of benzene rings is 1. The Morgan fingerprint density at radius 3 is 2.44 bits per heavy atom. The number of hydrogen-bond donors (Lipinski definition) is 0. The molecule has 0 N–H and O–H groups in total. The number of methoxy groups -OCH3 is 1. The van der Waals surface area contributed by atoms with Gasteiger partial charge >= 0.3 is 0 Å². The quantitative estimate of drug-likeness (QED) is 0.708. The van der Waals surface area contributed by atoms with Gasteiger partial charge in [-0.2, -0.15) is 0 Å². The first-order valence-electron chi connectivity index (χ1n) is 5.68. The summed E-state index contributed by atoms with van der Waals surface area (Å²) in [6.45, 7) is 0.752. The maximum Gasteiger partial charge on any atom is 0.169 e. The summed E-state index contributed by atoms with van der Waals surface area (Å²) in [4.78, 5) is 0.0836. The van der Waals surface area contributed by atoms with Gasteiger partial charge in [-0.05, 0) is 45.6 Å². The number of rotatable bonds is 5. The topological polar surface area (TPSA) is 22.4 Å². The number of halogens is 2. The third-order valence-electron chi connectivity index (χ3n) is 2.71. The summed E-state index contributed by atoms with van der Waals surface area (Å²) in [6, 6.07) is 12.3. The second-order valence-corrected chi connectivity index (χ2v) is 5.69. The minimum absolute atomic E-state index is 0.0836. The highest BCUT2D eigenvalue weighted by Gasteiger charge is 2.13. The number of furan rings is 1. The van der Waals surface area contributed by atoms with Crippen LogP contribution in [0.5, 0.6) is 0 Å². The van der Waals surface area contributed by atoms with E-state index < -0.39 is 0 Å². The van der Waals surface area contributed by atoms with Crippen molar-refractivity contribution in [2.45, 2.75) is 11.2 Å². The van der Waals surface area contributed by atoms with Crippen LogP contribution in [0, 0.1) is 0 Å². The molecule has 1 atom stereocenters. The van der Waals surface area contributed by atoms with Crippen LogP contribution < -0.4 is 0 Å². The molecule has 4 heteroatoms. The predicted molar refractivity (Wildman–Crippen MR) is 79.2 cm³/mol. The number of hydrogen-bond acceptors (Lipinski definition) is 2. The second-order valence-electron chi connectivity index (χ2n) is 3.99. The molecule has 0 aliphatic rings. The zero-order valence-corrected chi connectivity index (χ0v) is 13.2. The van der Waals surface area contributed by atoms with Crippen LogP contribution in [0.4, 0.5) is 0 Å². The van der Waals surface area contributed by atoms with Gasteiger partial charge in [-0.1, -0.05) is 40.2 Å². The van der Waals surface area contributed by atoms with Crippen molar-refractivity contribution >= 4 is 31.9 Å². The molecule has 0 bridgehead atoms. The highest BCUT2D eigenvalue weighted by Crippen LogP contribution is 2.33. The molecule has 0 aliphatic carbocycles. The molecule has 2 rings (SSSR count). The zero-order valence-electron chi connectivity index (χ0n) is 10.0. The molecule has 0 saturated carbocycles. The Balaban J connectivity index is 2.09. The minimum Gasteiger partial charge on any atom is -0.453 e. The van der Waals surface area contributed by atoms with Gasteiger partial charge in [0.2, 0.25) is 0 Å². The minimum atomic E-state index is 0.0836. The largest absolute Gasteiger partial charge is 0.453 e. The van der Waals surface area contributed by atoms with E-state index in [-0.39, 0.29) is 4.83 Å². The molecule has 0 aliphatic heterocycles. The molecule has 0 saturated heterocycles. The van der Waals surface area contributed by atoms with Crippen molar-refractivity contribution in [3.05, 3.63) is 58.0 Å². The molecule has 1 heterocycles. The van der Waals surface area contributed by atoms with Gasteiger partial charge in [-0.15, -0.1) is 0 Å². The molecule has 1 aromatic carbocycles. The van der Waals surface area contributed by atoms with E-state index >= 15 is 0 Å². The van der Waals surface area contributed by atoms with E-state index in [4.69, 9.17) is 9.15 Å². The molecule has 0 amide bonds. The second kappa shape index (κ2) is 6.55. The Labute approximate surface area is 124 Å². The van der Waals surface area contributed by atoms with Gasteiger partial charge in [0.25, 0.3) is 0 Å². The van der Waals surface area contributed by atoms with Crippen LogP contribution in [0.15, 0.2) is 45.5 Å². The van der Waals surface area contributed by atoms with Crippen molar-refractivity contribution in [1.29, 1.82) is 0 Å². The highest BCUT2D eigenvalue weighted by molar-refractivity contribution is 9.10. The van der Waals surface area contributed by atoms with E-state index in [0.717, 1.165) is 23.5 Å². The molecule has 2 nitrogen and oxygen atoms in total. The van der Waals surface area contributed by atoms with Crippen molar-refractivity contribution < 1.29 is 9.15 Å². The first kappa shape index (κ1) is 13.8. The Kier molecular flexibility index (Phi) is 5.03. The Hall–Kier alpha value is -0.580. The summed E-state index contributed by atoms with van der Waals surface area (Å²) in [5.41, 5.74) is 2.46. The van der Waals surface area contributed by atoms with E-state index in [0.29, 0.717) is 0 Å². The summed E-state index contributed by atoms with van der Waals surface area (Å²) in [5, 5.41) is 0. The lowest BCUT2D eigenvalue weighted by molar-refractivity contribution is 0.202. The molecule has 0 fully saturated rings. The smallest absolute Gasteiger partial charge is 0.169 e. The first-order chi connectivity index (χ1) is 8.70. The molecule has 0 spiro atoms. The van der Waals surface area contributed by atoms with Gasteiger partial charge in [0.15, 0.2) is 4.67 Å². The van der Waals surface area contributed by atoms with Crippen LogP contribution in [0.25, 0.3) is 0 Å². The molecular weight excluding hydrogens is 360 g/mol. The Morgan fingerprint density at radius 1 is 1.17 bits per heavy atom. The monoisotopic (exact) mass is 372 g/mol. The number of alkyl halides is 1. The summed E-state index contributed by atoms with van der Waals surface area (Å²) in [5.74, 6) is 0.895. The van der Waals surface area contributed by atoms with Crippen LogP contribution in [0.2, 0.25) is 0 Å². The highest BCUT2D eigenvalue weighted by atomic mass is 79.9. The Morgan fingerprint density at radius 2 is 1.89 bits per heavy atom. The molecule has 0 radical (unpaired) electrons. The summed E-state index contributed by atoms with van der Waals surface area (Å²) in [6.07, 6.45) is 0.941. The van der Waals surface area contributed by atoms with Crippen molar-refractivity contribution in [2.24, 2.45) is 0 Å². The first-order valence-corrected chi connectivity index (χ1v) is 7.38. The van der Waals surface area contributed by atoms with Crippen LogP contribution in [0.1, 0.15) is 21.7 Å². The van der Waals surface area contributed by atoms with Gasteiger partial charge in [0.05, 0.1) is 11.4 Å². The molecule has 1 unspecified atom stereocenters. The average molecular weight is 374 g/mol.